The summed E-state index contributed by atoms with van der Waals surface area (Å²) in [5, 5.41) is 8.64. The van der Waals surface area contributed by atoms with Gasteiger partial charge in [0.2, 0.25) is 0 Å². The highest BCUT2D eigenvalue weighted by Gasteiger charge is 2.16. The van der Waals surface area contributed by atoms with E-state index in [2.05, 4.69) is 31.9 Å². The van der Waals surface area contributed by atoms with Gasteiger partial charge in [-0.1, -0.05) is 28.1 Å². The van der Waals surface area contributed by atoms with Gasteiger partial charge in [-0.25, -0.2) is 0 Å². The fourth-order valence-corrected chi connectivity index (χ4v) is 2.81. The second-order valence-corrected chi connectivity index (χ2v) is 8.42. The number of benzene rings is 2. The second kappa shape index (κ2) is 8.63. The van der Waals surface area contributed by atoms with Crippen molar-refractivity contribution in [3.63, 3.8) is 0 Å². The van der Waals surface area contributed by atoms with Crippen LogP contribution >= 0.6 is 28.1 Å². The summed E-state index contributed by atoms with van der Waals surface area (Å²) in [6.45, 7) is 7.70. The van der Waals surface area contributed by atoms with Crippen LogP contribution in [0.25, 0.3) is 0 Å². The molecule has 2 amide bonds. The molecule has 0 aliphatic rings. The number of carbonyl (C=O) groups is 2. The van der Waals surface area contributed by atoms with Gasteiger partial charge in [-0.3, -0.25) is 14.9 Å². The zero-order valence-corrected chi connectivity index (χ0v) is 18.0. The second-order valence-electron chi connectivity index (χ2n) is 7.16. The fourth-order valence-electron chi connectivity index (χ4n) is 2.22. The first-order valence-corrected chi connectivity index (χ1v) is 9.56. The van der Waals surface area contributed by atoms with Crippen LogP contribution in [0.3, 0.4) is 0 Å². The van der Waals surface area contributed by atoms with E-state index in [0.29, 0.717) is 16.8 Å². The third kappa shape index (κ3) is 6.45. The Balaban J connectivity index is 2.03. The maximum atomic E-state index is 12.3. The standard InChI is InChI=1S/C20H22BrN3O2S/c1-12-8-9-14(11-16(12)21)17(25)23-19(27)22-15-7-5-6-13(10-15)18(26)24-20(2,3)4/h5-11H,1-4H3,(H,24,26)(H2,22,23,25,27). The molecule has 0 heterocycles. The third-order valence-electron chi connectivity index (χ3n) is 3.53. The smallest absolute Gasteiger partial charge is 0.257 e. The van der Waals surface area contributed by atoms with Crippen molar-refractivity contribution in [1.82, 2.24) is 10.6 Å². The van der Waals surface area contributed by atoms with Crippen LogP contribution in [-0.4, -0.2) is 22.5 Å². The quantitative estimate of drug-likeness (QED) is 0.609. The van der Waals surface area contributed by atoms with Gasteiger partial charge >= 0.3 is 0 Å². The Kier molecular flexibility index (Phi) is 6.73. The zero-order chi connectivity index (χ0) is 20.2. The van der Waals surface area contributed by atoms with Crippen molar-refractivity contribution in [2.24, 2.45) is 0 Å². The third-order valence-corrected chi connectivity index (χ3v) is 4.59. The summed E-state index contributed by atoms with van der Waals surface area (Å²) in [4.78, 5) is 24.6. The molecule has 0 radical (unpaired) electrons. The van der Waals surface area contributed by atoms with Crippen molar-refractivity contribution in [2.45, 2.75) is 33.2 Å². The normalized spacial score (nSPS) is 10.9. The zero-order valence-electron chi connectivity index (χ0n) is 15.6. The molecule has 0 fully saturated rings. The van der Waals surface area contributed by atoms with Crippen molar-refractivity contribution >= 4 is 50.8 Å². The molecular weight excluding hydrogens is 426 g/mol. The molecule has 0 atom stereocenters. The lowest BCUT2D eigenvalue weighted by atomic mass is 10.1. The molecule has 2 aromatic carbocycles. The van der Waals surface area contributed by atoms with Gasteiger partial charge < -0.3 is 10.6 Å². The highest BCUT2D eigenvalue weighted by atomic mass is 79.9. The minimum absolute atomic E-state index is 0.157. The number of rotatable bonds is 3. The lowest BCUT2D eigenvalue weighted by Crippen LogP contribution is -2.40. The number of hydrogen-bond acceptors (Lipinski definition) is 3. The fraction of sp³-hybridized carbons (Fsp3) is 0.250. The molecule has 0 spiro atoms. The molecule has 0 saturated heterocycles. The lowest BCUT2D eigenvalue weighted by Gasteiger charge is -2.20. The van der Waals surface area contributed by atoms with Crippen molar-refractivity contribution in [3.8, 4) is 0 Å². The van der Waals surface area contributed by atoms with Gasteiger partial charge in [-0.15, -0.1) is 0 Å². The molecule has 0 unspecified atom stereocenters. The topological polar surface area (TPSA) is 70.2 Å². The number of anilines is 1. The van der Waals surface area contributed by atoms with Crippen molar-refractivity contribution in [2.75, 3.05) is 5.32 Å². The number of nitrogens with one attached hydrogen (secondary N) is 3. The molecule has 2 aromatic rings. The van der Waals surface area contributed by atoms with Gasteiger partial charge in [0, 0.05) is 26.8 Å². The van der Waals surface area contributed by atoms with Crippen LogP contribution in [0.5, 0.6) is 0 Å². The molecule has 0 saturated carbocycles. The number of halogens is 1. The minimum Gasteiger partial charge on any atom is -0.347 e. The van der Waals surface area contributed by atoms with E-state index in [9.17, 15) is 9.59 Å². The van der Waals surface area contributed by atoms with Crippen LogP contribution in [-0.2, 0) is 0 Å². The van der Waals surface area contributed by atoms with E-state index in [1.165, 1.54) is 0 Å². The number of amides is 2. The maximum Gasteiger partial charge on any atom is 0.257 e. The van der Waals surface area contributed by atoms with E-state index in [1.54, 1.807) is 36.4 Å². The summed E-state index contributed by atoms with van der Waals surface area (Å²) in [5.74, 6) is -0.486. The summed E-state index contributed by atoms with van der Waals surface area (Å²) in [5.41, 5.74) is 2.33. The molecule has 0 bridgehead atoms. The Morgan fingerprint density at radius 1 is 1.00 bits per heavy atom. The minimum atomic E-state index is -0.327. The molecule has 5 nitrogen and oxygen atoms in total. The summed E-state index contributed by atoms with van der Waals surface area (Å²) < 4.78 is 0.853. The van der Waals surface area contributed by atoms with Gasteiger partial charge in [0.15, 0.2) is 5.11 Å². The van der Waals surface area contributed by atoms with Crippen LogP contribution in [0.15, 0.2) is 46.9 Å². The van der Waals surface area contributed by atoms with Crippen LogP contribution in [0, 0.1) is 6.92 Å². The van der Waals surface area contributed by atoms with Gasteiger partial charge in [0.1, 0.15) is 0 Å². The summed E-state index contributed by atoms with van der Waals surface area (Å²) in [6.07, 6.45) is 0. The van der Waals surface area contributed by atoms with Gasteiger partial charge in [0.05, 0.1) is 0 Å². The molecule has 27 heavy (non-hydrogen) atoms. The first kappa shape index (κ1) is 21.1. The van der Waals surface area contributed by atoms with Crippen molar-refractivity contribution in [1.29, 1.82) is 0 Å². The SMILES string of the molecule is Cc1ccc(C(=O)NC(=S)Nc2cccc(C(=O)NC(C)(C)C)c2)cc1Br. The Morgan fingerprint density at radius 2 is 1.67 bits per heavy atom. The average Bonchev–Trinajstić information content (AvgIpc) is 2.55. The lowest BCUT2D eigenvalue weighted by molar-refractivity contribution is 0.0918. The van der Waals surface area contributed by atoms with E-state index in [4.69, 9.17) is 12.2 Å². The molecule has 2 rings (SSSR count). The van der Waals surface area contributed by atoms with E-state index >= 15 is 0 Å². The Labute approximate surface area is 173 Å². The Morgan fingerprint density at radius 3 is 2.30 bits per heavy atom. The van der Waals surface area contributed by atoms with E-state index in [-0.39, 0.29) is 22.5 Å². The first-order valence-electron chi connectivity index (χ1n) is 8.36. The monoisotopic (exact) mass is 447 g/mol. The molecular formula is C20H22BrN3O2S. The largest absolute Gasteiger partial charge is 0.347 e. The summed E-state index contributed by atoms with van der Waals surface area (Å²) in [6, 6.07) is 12.3. The highest BCUT2D eigenvalue weighted by Crippen LogP contribution is 2.17. The Hall–Kier alpha value is -2.25. The van der Waals surface area contributed by atoms with Gasteiger partial charge in [-0.2, -0.15) is 0 Å². The van der Waals surface area contributed by atoms with Crippen LogP contribution in [0.2, 0.25) is 0 Å². The van der Waals surface area contributed by atoms with Crippen molar-refractivity contribution < 1.29 is 9.59 Å². The average molecular weight is 448 g/mol. The molecule has 0 aliphatic carbocycles. The summed E-state index contributed by atoms with van der Waals surface area (Å²) in [7, 11) is 0. The van der Waals surface area contributed by atoms with E-state index in [1.807, 2.05) is 33.8 Å². The predicted octanol–water partition coefficient (Wildman–Crippen LogP) is 4.41. The first-order chi connectivity index (χ1) is 12.5. The predicted molar refractivity (Wildman–Crippen MR) is 116 cm³/mol. The van der Waals surface area contributed by atoms with Gasteiger partial charge in [0.25, 0.3) is 11.8 Å². The van der Waals surface area contributed by atoms with Gasteiger partial charge in [-0.05, 0) is 75.8 Å². The van der Waals surface area contributed by atoms with Crippen molar-refractivity contribution in [3.05, 3.63) is 63.6 Å². The molecule has 142 valence electrons. The number of hydrogen-bond donors (Lipinski definition) is 3. The summed E-state index contributed by atoms with van der Waals surface area (Å²) >= 11 is 8.62. The molecule has 3 N–H and O–H groups in total. The molecule has 0 aliphatic heterocycles. The highest BCUT2D eigenvalue weighted by molar-refractivity contribution is 9.10. The van der Waals surface area contributed by atoms with E-state index in [0.717, 1.165) is 10.0 Å². The molecule has 7 heteroatoms. The van der Waals surface area contributed by atoms with Crippen LogP contribution < -0.4 is 16.0 Å². The van der Waals surface area contributed by atoms with Crippen LogP contribution in [0.1, 0.15) is 47.1 Å². The number of carbonyl (C=O) groups excluding carboxylic acids is 2. The maximum absolute atomic E-state index is 12.3. The number of thiocarbonyl (C=S) groups is 1. The Bertz CT molecular complexity index is 891. The molecule has 0 aromatic heterocycles. The van der Waals surface area contributed by atoms with E-state index < -0.39 is 0 Å². The number of aryl methyl sites for hydroxylation is 1. The van der Waals surface area contributed by atoms with Crippen LogP contribution in [0.4, 0.5) is 5.69 Å².